The molecule has 3 rings (SSSR count). The molecule has 0 bridgehead atoms. The van der Waals surface area contributed by atoms with Crippen LogP contribution in [0.25, 0.3) is 0 Å². The van der Waals surface area contributed by atoms with Crippen molar-refractivity contribution in [1.82, 2.24) is 15.1 Å². The number of piperazine rings is 1. The van der Waals surface area contributed by atoms with Crippen LogP contribution >= 0.6 is 11.6 Å². The van der Waals surface area contributed by atoms with Crippen LogP contribution in [0.3, 0.4) is 0 Å². The predicted molar refractivity (Wildman–Crippen MR) is 95.2 cm³/mol. The van der Waals surface area contributed by atoms with E-state index in [0.29, 0.717) is 17.4 Å². The lowest BCUT2D eigenvalue weighted by atomic mass is 10.3. The summed E-state index contributed by atoms with van der Waals surface area (Å²) < 4.78 is 7.22. The molecule has 2 heterocycles. The molecule has 7 heteroatoms. The lowest BCUT2D eigenvalue weighted by Gasteiger charge is -2.29. The highest BCUT2D eigenvalue weighted by molar-refractivity contribution is 6.32. The summed E-state index contributed by atoms with van der Waals surface area (Å²) in [6, 6.07) is 10.4. The standard InChI is InChI=1S/C17H21ClN4O2/c1-13(12-24-15-5-3-2-4-14(15)18)22-17(23)7-6-16(20-22)21-10-8-19-9-11-21/h2-7,13,19H,8-12H2,1H3/t13-/m1/s1. The number of aromatic nitrogens is 2. The van der Waals surface area contributed by atoms with E-state index in [-0.39, 0.29) is 11.6 Å². The summed E-state index contributed by atoms with van der Waals surface area (Å²) in [5.41, 5.74) is -0.135. The van der Waals surface area contributed by atoms with Crippen molar-refractivity contribution in [3.63, 3.8) is 0 Å². The van der Waals surface area contributed by atoms with Crippen LogP contribution in [0.4, 0.5) is 5.82 Å². The van der Waals surface area contributed by atoms with Crippen molar-refractivity contribution in [2.24, 2.45) is 0 Å². The van der Waals surface area contributed by atoms with Gasteiger partial charge in [0, 0.05) is 32.2 Å². The van der Waals surface area contributed by atoms with Crippen LogP contribution in [-0.2, 0) is 0 Å². The fourth-order valence-corrected chi connectivity index (χ4v) is 2.83. The van der Waals surface area contributed by atoms with Gasteiger partial charge in [-0.1, -0.05) is 23.7 Å². The van der Waals surface area contributed by atoms with Gasteiger partial charge < -0.3 is 15.0 Å². The maximum absolute atomic E-state index is 12.2. The number of nitrogens with one attached hydrogen (secondary N) is 1. The highest BCUT2D eigenvalue weighted by Crippen LogP contribution is 2.24. The zero-order valence-electron chi connectivity index (χ0n) is 13.6. The van der Waals surface area contributed by atoms with Gasteiger partial charge in [0.25, 0.3) is 5.56 Å². The van der Waals surface area contributed by atoms with Gasteiger partial charge in [0.2, 0.25) is 0 Å². The third-order valence-corrected chi connectivity index (χ3v) is 4.30. The predicted octanol–water partition coefficient (Wildman–Crippen LogP) is 1.95. The Kier molecular flexibility index (Phi) is 5.37. The summed E-state index contributed by atoms with van der Waals surface area (Å²) in [7, 11) is 0. The van der Waals surface area contributed by atoms with Crippen molar-refractivity contribution < 1.29 is 4.74 Å². The van der Waals surface area contributed by atoms with Gasteiger partial charge in [0.1, 0.15) is 18.2 Å². The molecule has 0 saturated carbocycles. The second-order valence-electron chi connectivity index (χ2n) is 5.80. The van der Waals surface area contributed by atoms with E-state index in [2.05, 4.69) is 15.3 Å². The first-order valence-corrected chi connectivity index (χ1v) is 8.46. The molecule has 1 N–H and O–H groups in total. The third kappa shape index (κ3) is 3.88. The van der Waals surface area contributed by atoms with E-state index in [0.717, 1.165) is 32.0 Å². The van der Waals surface area contributed by atoms with E-state index in [4.69, 9.17) is 16.3 Å². The molecule has 1 aromatic heterocycles. The number of halogens is 1. The van der Waals surface area contributed by atoms with Crippen LogP contribution in [0.5, 0.6) is 5.75 Å². The summed E-state index contributed by atoms with van der Waals surface area (Å²) in [5.74, 6) is 1.43. The molecule has 1 atom stereocenters. The number of nitrogens with zero attached hydrogens (tertiary/aromatic N) is 3. The van der Waals surface area contributed by atoms with Crippen molar-refractivity contribution >= 4 is 17.4 Å². The summed E-state index contributed by atoms with van der Waals surface area (Å²) in [5, 5.41) is 8.38. The Balaban J connectivity index is 1.72. The second-order valence-corrected chi connectivity index (χ2v) is 6.21. The normalized spacial score (nSPS) is 16.0. The topological polar surface area (TPSA) is 59.4 Å². The Labute approximate surface area is 146 Å². The van der Waals surface area contributed by atoms with Gasteiger partial charge in [-0.2, -0.15) is 5.10 Å². The molecule has 128 valence electrons. The highest BCUT2D eigenvalue weighted by atomic mass is 35.5. The first-order valence-electron chi connectivity index (χ1n) is 8.08. The molecule has 1 saturated heterocycles. The van der Waals surface area contributed by atoms with E-state index in [1.54, 1.807) is 18.2 Å². The van der Waals surface area contributed by atoms with Crippen LogP contribution in [-0.4, -0.2) is 42.6 Å². The molecule has 0 aliphatic carbocycles. The van der Waals surface area contributed by atoms with Crippen molar-refractivity contribution in [3.8, 4) is 5.75 Å². The van der Waals surface area contributed by atoms with E-state index < -0.39 is 0 Å². The number of rotatable bonds is 5. The number of anilines is 1. The molecule has 1 aliphatic heterocycles. The molecule has 1 aliphatic rings. The number of ether oxygens (including phenoxy) is 1. The average Bonchev–Trinajstić information content (AvgIpc) is 2.62. The molecule has 2 aromatic rings. The monoisotopic (exact) mass is 348 g/mol. The van der Waals surface area contributed by atoms with Gasteiger partial charge in [-0.15, -0.1) is 0 Å². The van der Waals surface area contributed by atoms with Gasteiger partial charge >= 0.3 is 0 Å². The second kappa shape index (κ2) is 7.68. The molecule has 0 spiro atoms. The minimum Gasteiger partial charge on any atom is -0.490 e. The molecular weight excluding hydrogens is 328 g/mol. The van der Waals surface area contributed by atoms with Crippen LogP contribution < -0.4 is 20.5 Å². The van der Waals surface area contributed by atoms with E-state index in [1.807, 2.05) is 25.1 Å². The molecule has 24 heavy (non-hydrogen) atoms. The van der Waals surface area contributed by atoms with Crippen molar-refractivity contribution in [3.05, 3.63) is 51.8 Å². The van der Waals surface area contributed by atoms with Crippen LogP contribution in [0.1, 0.15) is 13.0 Å². The smallest absolute Gasteiger partial charge is 0.267 e. The zero-order valence-corrected chi connectivity index (χ0v) is 14.4. The first-order chi connectivity index (χ1) is 11.6. The molecule has 0 radical (unpaired) electrons. The summed E-state index contributed by atoms with van der Waals surface area (Å²) >= 11 is 6.09. The molecular formula is C17H21ClN4O2. The summed E-state index contributed by atoms with van der Waals surface area (Å²) in [4.78, 5) is 14.3. The number of benzene rings is 1. The Hall–Kier alpha value is -2.05. The third-order valence-electron chi connectivity index (χ3n) is 3.99. The molecule has 0 unspecified atom stereocenters. The fourth-order valence-electron chi connectivity index (χ4n) is 2.64. The minimum absolute atomic E-state index is 0.135. The largest absolute Gasteiger partial charge is 0.490 e. The average molecular weight is 349 g/mol. The van der Waals surface area contributed by atoms with Gasteiger partial charge in [-0.25, -0.2) is 4.68 Å². The lowest BCUT2D eigenvalue weighted by molar-refractivity contribution is 0.246. The van der Waals surface area contributed by atoms with Crippen LogP contribution in [0.2, 0.25) is 5.02 Å². The van der Waals surface area contributed by atoms with Crippen molar-refractivity contribution in [2.45, 2.75) is 13.0 Å². The summed E-state index contributed by atoms with van der Waals surface area (Å²) in [6.45, 7) is 5.85. The van der Waals surface area contributed by atoms with Gasteiger partial charge in [-0.3, -0.25) is 4.79 Å². The Morgan fingerprint density at radius 3 is 2.75 bits per heavy atom. The Morgan fingerprint density at radius 2 is 2.00 bits per heavy atom. The number of hydrogen-bond donors (Lipinski definition) is 1. The molecule has 6 nitrogen and oxygen atoms in total. The minimum atomic E-state index is -0.198. The fraction of sp³-hybridized carbons (Fsp3) is 0.412. The van der Waals surface area contributed by atoms with E-state index in [9.17, 15) is 4.79 Å². The number of hydrogen-bond acceptors (Lipinski definition) is 5. The van der Waals surface area contributed by atoms with Crippen LogP contribution in [0, 0.1) is 0 Å². The first kappa shape index (κ1) is 16.8. The maximum Gasteiger partial charge on any atom is 0.267 e. The van der Waals surface area contributed by atoms with Crippen molar-refractivity contribution in [1.29, 1.82) is 0 Å². The lowest BCUT2D eigenvalue weighted by Crippen LogP contribution is -2.44. The molecule has 0 amide bonds. The van der Waals surface area contributed by atoms with E-state index in [1.165, 1.54) is 4.68 Å². The Bertz CT molecular complexity index is 743. The van der Waals surface area contributed by atoms with Crippen molar-refractivity contribution in [2.75, 3.05) is 37.7 Å². The zero-order chi connectivity index (χ0) is 16.9. The quantitative estimate of drug-likeness (QED) is 0.895. The highest BCUT2D eigenvalue weighted by Gasteiger charge is 2.15. The van der Waals surface area contributed by atoms with Gasteiger partial charge in [0.05, 0.1) is 11.1 Å². The molecule has 1 fully saturated rings. The maximum atomic E-state index is 12.2. The SMILES string of the molecule is C[C@H](COc1ccccc1Cl)n1nc(N2CCNCC2)ccc1=O. The van der Waals surface area contributed by atoms with Gasteiger partial charge in [-0.05, 0) is 25.1 Å². The van der Waals surface area contributed by atoms with E-state index >= 15 is 0 Å². The number of para-hydroxylation sites is 1. The van der Waals surface area contributed by atoms with Crippen LogP contribution in [0.15, 0.2) is 41.2 Å². The Morgan fingerprint density at radius 1 is 1.25 bits per heavy atom. The van der Waals surface area contributed by atoms with Gasteiger partial charge in [0.15, 0.2) is 0 Å². The molecule has 1 aromatic carbocycles. The summed E-state index contributed by atoms with van der Waals surface area (Å²) in [6.07, 6.45) is 0.